The summed E-state index contributed by atoms with van der Waals surface area (Å²) in [7, 11) is -2.88. The van der Waals surface area contributed by atoms with E-state index in [4.69, 9.17) is 0 Å². The third-order valence-electron chi connectivity index (χ3n) is 4.84. The first kappa shape index (κ1) is 15.5. The van der Waals surface area contributed by atoms with Gasteiger partial charge in [-0.2, -0.15) is 5.10 Å². The summed E-state index contributed by atoms with van der Waals surface area (Å²) < 4.78 is 24.8. The summed E-state index contributed by atoms with van der Waals surface area (Å²) in [6.45, 7) is 2.61. The second kappa shape index (κ2) is 5.82. The molecule has 0 unspecified atom stereocenters. The molecular formula is C15H19N5O3S. The zero-order valence-corrected chi connectivity index (χ0v) is 14.0. The fraction of sp³-hybridized carbons (Fsp3) is 0.533. The van der Waals surface area contributed by atoms with E-state index in [-0.39, 0.29) is 23.5 Å². The van der Waals surface area contributed by atoms with E-state index < -0.39 is 9.84 Å². The first-order chi connectivity index (χ1) is 11.5. The largest absolute Gasteiger partial charge is 0.336 e. The van der Waals surface area contributed by atoms with E-state index in [9.17, 15) is 13.2 Å². The Bertz CT molecular complexity index is 870. The molecule has 2 aromatic heterocycles. The molecule has 24 heavy (non-hydrogen) atoms. The lowest BCUT2D eigenvalue weighted by Crippen LogP contribution is -2.52. The van der Waals surface area contributed by atoms with E-state index in [1.165, 1.54) is 0 Å². The van der Waals surface area contributed by atoms with Gasteiger partial charge in [-0.1, -0.05) is 0 Å². The van der Waals surface area contributed by atoms with Crippen LogP contribution >= 0.6 is 0 Å². The van der Waals surface area contributed by atoms with Crippen molar-refractivity contribution in [1.29, 1.82) is 0 Å². The molecule has 0 aromatic carbocycles. The topological polar surface area (TPSA) is 87.9 Å². The molecule has 2 aliphatic heterocycles. The van der Waals surface area contributed by atoms with Crippen LogP contribution < -0.4 is 0 Å². The highest BCUT2D eigenvalue weighted by Gasteiger charge is 2.34. The van der Waals surface area contributed by atoms with Crippen LogP contribution in [0, 0.1) is 0 Å². The molecule has 128 valence electrons. The number of aromatic nitrogens is 3. The number of sulfone groups is 1. The van der Waals surface area contributed by atoms with Gasteiger partial charge in [0.1, 0.15) is 5.56 Å². The Kier molecular flexibility index (Phi) is 3.76. The van der Waals surface area contributed by atoms with E-state index in [2.05, 4.69) is 15.0 Å². The van der Waals surface area contributed by atoms with Gasteiger partial charge in [-0.3, -0.25) is 9.69 Å². The van der Waals surface area contributed by atoms with Crippen LogP contribution in [-0.2, 0) is 9.84 Å². The summed E-state index contributed by atoms with van der Waals surface area (Å²) in [4.78, 5) is 20.9. The SMILES string of the molecule is O=C(c1cnn2cccnc12)N1CCN([C@@H]2CCS(=O)(=O)C2)CC1. The van der Waals surface area contributed by atoms with Gasteiger partial charge in [-0.25, -0.2) is 17.9 Å². The molecule has 2 saturated heterocycles. The number of fused-ring (bicyclic) bond motifs is 1. The van der Waals surface area contributed by atoms with Crippen molar-refractivity contribution in [3.05, 3.63) is 30.2 Å². The Morgan fingerprint density at radius 1 is 1.21 bits per heavy atom. The maximum absolute atomic E-state index is 12.7. The molecule has 9 heteroatoms. The highest BCUT2D eigenvalue weighted by molar-refractivity contribution is 7.91. The van der Waals surface area contributed by atoms with Gasteiger partial charge in [0, 0.05) is 44.6 Å². The highest BCUT2D eigenvalue weighted by atomic mass is 32.2. The van der Waals surface area contributed by atoms with Crippen molar-refractivity contribution in [2.45, 2.75) is 12.5 Å². The van der Waals surface area contributed by atoms with Crippen LogP contribution in [0.4, 0.5) is 0 Å². The van der Waals surface area contributed by atoms with Gasteiger partial charge in [0.15, 0.2) is 15.5 Å². The van der Waals surface area contributed by atoms with E-state index in [1.807, 2.05) is 0 Å². The molecule has 4 heterocycles. The quantitative estimate of drug-likeness (QED) is 0.738. The maximum atomic E-state index is 12.7. The van der Waals surface area contributed by atoms with E-state index in [1.54, 1.807) is 34.1 Å². The fourth-order valence-electron chi connectivity index (χ4n) is 3.50. The minimum Gasteiger partial charge on any atom is -0.336 e. The van der Waals surface area contributed by atoms with Crippen LogP contribution in [0.25, 0.3) is 5.65 Å². The van der Waals surface area contributed by atoms with Crippen molar-refractivity contribution in [2.75, 3.05) is 37.7 Å². The highest BCUT2D eigenvalue weighted by Crippen LogP contribution is 2.20. The summed E-state index contributed by atoms with van der Waals surface area (Å²) in [5, 5.41) is 4.16. The number of amides is 1. The first-order valence-electron chi connectivity index (χ1n) is 8.06. The molecule has 1 amide bonds. The molecule has 4 rings (SSSR count). The molecule has 8 nitrogen and oxygen atoms in total. The number of hydrogen-bond acceptors (Lipinski definition) is 6. The molecule has 0 bridgehead atoms. The fourth-order valence-corrected chi connectivity index (χ4v) is 5.26. The molecule has 2 aromatic rings. The second-order valence-corrected chi connectivity index (χ2v) is 8.56. The normalized spacial score (nSPS) is 24.5. The average molecular weight is 349 g/mol. The summed E-state index contributed by atoms with van der Waals surface area (Å²) >= 11 is 0. The van der Waals surface area contributed by atoms with Crippen LogP contribution in [0.5, 0.6) is 0 Å². The molecule has 0 radical (unpaired) electrons. The number of carbonyl (C=O) groups is 1. The van der Waals surface area contributed by atoms with E-state index in [0.29, 0.717) is 43.8 Å². The van der Waals surface area contributed by atoms with Crippen LogP contribution in [0.2, 0.25) is 0 Å². The average Bonchev–Trinajstić information content (AvgIpc) is 3.17. The van der Waals surface area contributed by atoms with Gasteiger partial charge in [0.25, 0.3) is 5.91 Å². The predicted octanol–water partition coefficient (Wildman–Crippen LogP) is -0.326. The van der Waals surface area contributed by atoms with Crippen LogP contribution in [0.1, 0.15) is 16.8 Å². The lowest BCUT2D eigenvalue weighted by molar-refractivity contribution is 0.0589. The summed E-state index contributed by atoms with van der Waals surface area (Å²) in [6, 6.07) is 1.87. The lowest BCUT2D eigenvalue weighted by Gasteiger charge is -2.37. The molecule has 0 spiro atoms. The summed E-state index contributed by atoms with van der Waals surface area (Å²) in [6.07, 6.45) is 5.67. The molecular weight excluding hydrogens is 330 g/mol. The van der Waals surface area contributed by atoms with Gasteiger partial charge in [0.05, 0.1) is 17.7 Å². The minimum absolute atomic E-state index is 0.0672. The molecule has 0 N–H and O–H groups in total. The Hall–Kier alpha value is -2.00. The third-order valence-corrected chi connectivity index (χ3v) is 6.59. The van der Waals surface area contributed by atoms with Gasteiger partial charge >= 0.3 is 0 Å². The number of hydrogen-bond donors (Lipinski definition) is 0. The van der Waals surface area contributed by atoms with Gasteiger partial charge in [0.2, 0.25) is 0 Å². The van der Waals surface area contributed by atoms with Crippen LogP contribution in [-0.4, -0.2) is 82.4 Å². The van der Waals surface area contributed by atoms with Crippen molar-refractivity contribution in [3.63, 3.8) is 0 Å². The van der Waals surface area contributed by atoms with Gasteiger partial charge in [-0.05, 0) is 12.5 Å². The number of rotatable bonds is 2. The molecule has 2 fully saturated rings. The number of carbonyl (C=O) groups excluding carboxylic acids is 1. The van der Waals surface area contributed by atoms with E-state index in [0.717, 1.165) is 0 Å². The first-order valence-corrected chi connectivity index (χ1v) is 9.88. The maximum Gasteiger partial charge on any atom is 0.259 e. The Labute approximate surface area is 140 Å². The van der Waals surface area contributed by atoms with Crippen LogP contribution in [0.15, 0.2) is 24.7 Å². The Morgan fingerprint density at radius 3 is 2.71 bits per heavy atom. The van der Waals surface area contributed by atoms with Crippen LogP contribution in [0.3, 0.4) is 0 Å². The van der Waals surface area contributed by atoms with Crippen molar-refractivity contribution in [1.82, 2.24) is 24.4 Å². The molecule has 1 atom stereocenters. The Morgan fingerprint density at radius 2 is 2.00 bits per heavy atom. The van der Waals surface area contributed by atoms with Gasteiger partial charge in [-0.15, -0.1) is 0 Å². The lowest BCUT2D eigenvalue weighted by atomic mass is 10.1. The van der Waals surface area contributed by atoms with E-state index >= 15 is 0 Å². The number of piperazine rings is 1. The Balaban J connectivity index is 1.43. The summed E-state index contributed by atoms with van der Waals surface area (Å²) in [5.41, 5.74) is 1.07. The van der Waals surface area contributed by atoms with Crippen molar-refractivity contribution < 1.29 is 13.2 Å². The predicted molar refractivity (Wildman–Crippen MR) is 87.5 cm³/mol. The standard InChI is InChI=1S/C15H19N5O3S/c21-15(13-10-17-20-4-1-3-16-14(13)20)19-7-5-18(6-8-19)12-2-9-24(22,23)11-12/h1,3-4,10,12H,2,5-9,11H2/t12-/m1/s1. The molecule has 0 aliphatic carbocycles. The monoisotopic (exact) mass is 349 g/mol. The minimum atomic E-state index is -2.88. The van der Waals surface area contributed by atoms with Gasteiger partial charge < -0.3 is 4.90 Å². The third kappa shape index (κ3) is 2.78. The molecule has 0 saturated carbocycles. The molecule has 2 aliphatic rings. The van der Waals surface area contributed by atoms with Crippen molar-refractivity contribution in [2.24, 2.45) is 0 Å². The van der Waals surface area contributed by atoms with Crippen molar-refractivity contribution in [3.8, 4) is 0 Å². The zero-order chi connectivity index (χ0) is 16.7. The summed E-state index contributed by atoms with van der Waals surface area (Å²) in [5.74, 6) is 0.464. The zero-order valence-electron chi connectivity index (χ0n) is 13.2. The van der Waals surface area contributed by atoms with Crippen molar-refractivity contribution >= 4 is 21.4 Å². The second-order valence-electron chi connectivity index (χ2n) is 6.33. The smallest absolute Gasteiger partial charge is 0.259 e. The number of nitrogens with zero attached hydrogens (tertiary/aromatic N) is 5.